The van der Waals surface area contributed by atoms with Crippen molar-refractivity contribution in [2.75, 3.05) is 5.32 Å². The molecule has 1 aliphatic rings. The van der Waals surface area contributed by atoms with Gasteiger partial charge in [-0.25, -0.2) is 0 Å². The van der Waals surface area contributed by atoms with Gasteiger partial charge in [0.2, 0.25) is 0 Å². The number of carbonyl (C=O) groups excluding carboxylic acids is 1. The molecule has 3 nitrogen and oxygen atoms in total. The Morgan fingerprint density at radius 3 is 2.10 bits per heavy atom. The molecule has 3 rings (SSSR count). The topological polar surface area (TPSA) is 38.3 Å². The lowest BCUT2D eigenvalue weighted by Gasteiger charge is -2.45. The number of Topliss-reactive ketones (excluding diaryl/α,β-unsaturated/α-hetero) is 1. The van der Waals surface area contributed by atoms with Crippen molar-refractivity contribution in [3.8, 4) is 0 Å². The monoisotopic (exact) mass is 281 g/mol. The van der Waals surface area contributed by atoms with Gasteiger partial charge in [-0.3, -0.25) is 4.79 Å². The summed E-state index contributed by atoms with van der Waals surface area (Å²) in [6.07, 6.45) is -0.442. The molecule has 1 N–H and O–H groups in total. The summed E-state index contributed by atoms with van der Waals surface area (Å²) in [6, 6.07) is 19.7. The number of ketones is 1. The summed E-state index contributed by atoms with van der Waals surface area (Å²) in [5.74, 6) is 0.139. The van der Waals surface area contributed by atoms with Gasteiger partial charge in [0.05, 0.1) is 6.04 Å². The minimum atomic E-state index is -0.671. The van der Waals surface area contributed by atoms with E-state index >= 15 is 0 Å². The molecule has 0 aliphatic carbocycles. The molecule has 0 radical (unpaired) electrons. The molecule has 0 aromatic heterocycles. The van der Waals surface area contributed by atoms with Gasteiger partial charge in [-0.15, -0.1) is 0 Å². The van der Waals surface area contributed by atoms with Crippen LogP contribution in [0, 0.1) is 0 Å². The summed E-state index contributed by atoms with van der Waals surface area (Å²) in [6.45, 7) is 3.63. The summed E-state index contributed by atoms with van der Waals surface area (Å²) in [7, 11) is 0. The number of benzene rings is 2. The van der Waals surface area contributed by atoms with E-state index < -0.39 is 11.7 Å². The minimum absolute atomic E-state index is 0.139. The highest BCUT2D eigenvalue weighted by atomic mass is 16.6. The molecule has 0 spiro atoms. The third-order valence-corrected chi connectivity index (χ3v) is 3.83. The average molecular weight is 281 g/mol. The number of ether oxygens (including phenoxy) is 1. The van der Waals surface area contributed by atoms with E-state index in [1.54, 1.807) is 0 Å². The van der Waals surface area contributed by atoms with Crippen LogP contribution in [0.5, 0.6) is 0 Å². The lowest BCUT2D eigenvalue weighted by atomic mass is 9.84. The number of rotatable bonds is 4. The van der Waals surface area contributed by atoms with Gasteiger partial charge in [-0.05, 0) is 31.5 Å². The molecule has 108 valence electrons. The summed E-state index contributed by atoms with van der Waals surface area (Å²) < 4.78 is 5.82. The Labute approximate surface area is 124 Å². The van der Waals surface area contributed by atoms with E-state index in [-0.39, 0.29) is 11.8 Å². The predicted octanol–water partition coefficient (Wildman–Crippen LogP) is 3.59. The van der Waals surface area contributed by atoms with Crippen molar-refractivity contribution in [2.45, 2.75) is 31.6 Å². The van der Waals surface area contributed by atoms with Gasteiger partial charge in [0.1, 0.15) is 11.7 Å². The van der Waals surface area contributed by atoms with Crippen molar-refractivity contribution < 1.29 is 9.53 Å². The van der Waals surface area contributed by atoms with E-state index in [1.807, 2.05) is 74.5 Å². The zero-order valence-corrected chi connectivity index (χ0v) is 12.2. The first-order chi connectivity index (χ1) is 10.1. The lowest BCUT2D eigenvalue weighted by molar-refractivity contribution is -0.196. The van der Waals surface area contributed by atoms with E-state index in [1.165, 1.54) is 0 Å². The first-order valence-electron chi connectivity index (χ1n) is 7.16. The van der Waals surface area contributed by atoms with Crippen LogP contribution in [-0.4, -0.2) is 17.5 Å². The normalized spacial score (nSPS) is 21.4. The number of para-hydroxylation sites is 1. The SMILES string of the molecule is CC1(C)O[C@H]([C@@H](Nc2ccccc2)c2ccccc2)C1=O. The second kappa shape index (κ2) is 5.34. The van der Waals surface area contributed by atoms with E-state index in [0.717, 1.165) is 11.3 Å². The minimum Gasteiger partial charge on any atom is -0.375 e. The molecule has 0 saturated carbocycles. The van der Waals surface area contributed by atoms with Crippen molar-refractivity contribution in [1.82, 2.24) is 0 Å². The molecule has 2 aromatic carbocycles. The lowest BCUT2D eigenvalue weighted by Crippen LogP contribution is -2.60. The van der Waals surface area contributed by atoms with Crippen LogP contribution < -0.4 is 5.32 Å². The second-order valence-electron chi connectivity index (χ2n) is 5.81. The molecular weight excluding hydrogens is 262 g/mol. The van der Waals surface area contributed by atoms with Crippen LogP contribution in [0.25, 0.3) is 0 Å². The van der Waals surface area contributed by atoms with Gasteiger partial charge in [-0.2, -0.15) is 0 Å². The fourth-order valence-corrected chi connectivity index (χ4v) is 2.64. The third-order valence-electron chi connectivity index (χ3n) is 3.83. The van der Waals surface area contributed by atoms with Crippen LogP contribution in [0.1, 0.15) is 25.5 Å². The Bertz CT molecular complexity index is 622. The Morgan fingerprint density at radius 1 is 1.00 bits per heavy atom. The van der Waals surface area contributed by atoms with Crippen molar-refractivity contribution in [3.63, 3.8) is 0 Å². The smallest absolute Gasteiger partial charge is 0.195 e. The van der Waals surface area contributed by atoms with Crippen LogP contribution in [0.4, 0.5) is 5.69 Å². The van der Waals surface area contributed by atoms with Crippen LogP contribution in [0.3, 0.4) is 0 Å². The number of hydrogen-bond donors (Lipinski definition) is 1. The van der Waals surface area contributed by atoms with Crippen molar-refractivity contribution >= 4 is 11.5 Å². The summed E-state index contributed by atoms with van der Waals surface area (Å²) in [4.78, 5) is 12.3. The summed E-state index contributed by atoms with van der Waals surface area (Å²) in [5.41, 5.74) is 1.36. The molecule has 1 fully saturated rings. The van der Waals surface area contributed by atoms with Gasteiger partial charge in [0.25, 0.3) is 0 Å². The number of carbonyl (C=O) groups is 1. The van der Waals surface area contributed by atoms with E-state index in [0.29, 0.717) is 0 Å². The molecule has 2 atom stereocenters. The molecular formula is C18H19NO2. The first kappa shape index (κ1) is 13.8. The number of nitrogens with one attached hydrogen (secondary N) is 1. The molecule has 3 heteroatoms. The maximum Gasteiger partial charge on any atom is 0.195 e. The van der Waals surface area contributed by atoms with Crippen LogP contribution in [-0.2, 0) is 9.53 Å². The van der Waals surface area contributed by atoms with Gasteiger partial charge < -0.3 is 10.1 Å². The van der Waals surface area contributed by atoms with E-state index in [4.69, 9.17) is 4.74 Å². The maximum atomic E-state index is 12.3. The van der Waals surface area contributed by atoms with Gasteiger partial charge in [0, 0.05) is 5.69 Å². The van der Waals surface area contributed by atoms with Crippen molar-refractivity contribution in [2.24, 2.45) is 0 Å². The van der Waals surface area contributed by atoms with E-state index in [9.17, 15) is 4.79 Å². The molecule has 1 heterocycles. The maximum absolute atomic E-state index is 12.3. The predicted molar refractivity (Wildman–Crippen MR) is 83.2 cm³/mol. The first-order valence-corrected chi connectivity index (χ1v) is 7.16. The molecule has 0 amide bonds. The Hall–Kier alpha value is -2.13. The highest BCUT2D eigenvalue weighted by Crippen LogP contribution is 2.37. The molecule has 0 unspecified atom stereocenters. The van der Waals surface area contributed by atoms with Crippen LogP contribution in [0.2, 0.25) is 0 Å². The summed E-state index contributed by atoms with van der Waals surface area (Å²) >= 11 is 0. The third kappa shape index (κ3) is 2.69. The van der Waals surface area contributed by atoms with Gasteiger partial charge in [-0.1, -0.05) is 48.5 Å². The van der Waals surface area contributed by atoms with E-state index in [2.05, 4.69) is 5.32 Å². The average Bonchev–Trinajstić information content (AvgIpc) is 2.52. The number of hydrogen-bond acceptors (Lipinski definition) is 3. The Kier molecular flexibility index (Phi) is 3.52. The molecule has 1 saturated heterocycles. The summed E-state index contributed by atoms with van der Waals surface area (Å²) in [5, 5.41) is 3.42. The number of anilines is 1. The zero-order valence-electron chi connectivity index (χ0n) is 12.2. The fraction of sp³-hybridized carbons (Fsp3) is 0.278. The second-order valence-corrected chi connectivity index (χ2v) is 5.81. The zero-order chi connectivity index (χ0) is 14.9. The van der Waals surface area contributed by atoms with Crippen LogP contribution in [0.15, 0.2) is 60.7 Å². The molecule has 2 aromatic rings. The molecule has 21 heavy (non-hydrogen) atoms. The Morgan fingerprint density at radius 2 is 1.57 bits per heavy atom. The standard InChI is InChI=1S/C18H19NO2/c1-18(2)17(20)16(21-18)15(13-9-5-3-6-10-13)19-14-11-7-4-8-12-14/h3-12,15-16,19H,1-2H3/t15-,16+/m0/s1. The Balaban J connectivity index is 1.88. The quantitative estimate of drug-likeness (QED) is 0.930. The van der Waals surface area contributed by atoms with Crippen molar-refractivity contribution in [1.29, 1.82) is 0 Å². The van der Waals surface area contributed by atoms with Crippen LogP contribution >= 0.6 is 0 Å². The molecule has 0 bridgehead atoms. The van der Waals surface area contributed by atoms with Crippen molar-refractivity contribution in [3.05, 3.63) is 66.2 Å². The largest absolute Gasteiger partial charge is 0.375 e. The fourth-order valence-electron chi connectivity index (χ4n) is 2.64. The van der Waals surface area contributed by atoms with Gasteiger partial charge in [0.15, 0.2) is 5.78 Å². The molecule has 1 aliphatic heterocycles. The highest BCUT2D eigenvalue weighted by molar-refractivity contribution is 5.96. The highest BCUT2D eigenvalue weighted by Gasteiger charge is 2.51. The van der Waals surface area contributed by atoms with Gasteiger partial charge >= 0.3 is 0 Å².